The van der Waals surface area contributed by atoms with Crippen molar-refractivity contribution in [1.29, 1.82) is 0 Å². The number of carbonyl (C=O) groups is 1. The molecule has 0 aliphatic carbocycles. The van der Waals surface area contributed by atoms with E-state index < -0.39 is 0 Å². The molecule has 3 heteroatoms. The van der Waals surface area contributed by atoms with Crippen LogP contribution < -0.4 is 5.32 Å². The quantitative estimate of drug-likeness (QED) is 0.354. The second-order valence-corrected chi connectivity index (χ2v) is 2.54. The number of ether oxygens (including phenoxy) is 1. The summed E-state index contributed by atoms with van der Waals surface area (Å²) in [4.78, 5) is 9.77. The highest BCUT2D eigenvalue weighted by molar-refractivity contribution is 5.37. The monoisotopic (exact) mass is 171 g/mol. The van der Waals surface area contributed by atoms with E-state index in [1.165, 1.54) is 0 Å². The fourth-order valence-electron chi connectivity index (χ4n) is 0.962. The van der Waals surface area contributed by atoms with Crippen LogP contribution in [-0.2, 0) is 9.53 Å². The predicted molar refractivity (Wildman–Crippen MR) is 48.9 cm³/mol. The van der Waals surface area contributed by atoms with Gasteiger partial charge >= 0.3 is 0 Å². The van der Waals surface area contributed by atoms with E-state index in [0.29, 0.717) is 19.1 Å². The van der Waals surface area contributed by atoms with Gasteiger partial charge in [0.15, 0.2) is 0 Å². The first-order valence-corrected chi connectivity index (χ1v) is 4.24. The number of nitrogens with one attached hydrogen (secondary N) is 1. The van der Waals surface area contributed by atoms with Crippen LogP contribution in [0, 0.1) is 0 Å². The zero-order chi connectivity index (χ0) is 9.23. The molecule has 1 N–H and O–H groups in total. The van der Waals surface area contributed by atoms with Gasteiger partial charge in [0.25, 0.3) is 6.47 Å². The van der Waals surface area contributed by atoms with Crippen molar-refractivity contribution in [2.75, 3.05) is 13.7 Å². The van der Waals surface area contributed by atoms with Gasteiger partial charge in [-0.15, -0.1) is 0 Å². The molecule has 0 radical (unpaired) electrons. The third kappa shape index (κ3) is 5.92. The molecule has 1 unspecified atom stereocenters. The highest BCUT2D eigenvalue weighted by Gasteiger charge is 1.96. The fraction of sp³-hybridized carbons (Fsp3) is 0.667. The minimum atomic E-state index is 0.366. The zero-order valence-corrected chi connectivity index (χ0v) is 7.75. The number of rotatable bonds is 7. The number of hydrogen-bond donors (Lipinski definition) is 1. The highest BCUT2D eigenvalue weighted by Crippen LogP contribution is 1.96. The van der Waals surface area contributed by atoms with Crippen molar-refractivity contribution in [3.63, 3.8) is 0 Å². The molecule has 0 aliphatic heterocycles. The lowest BCUT2D eigenvalue weighted by Gasteiger charge is -2.08. The summed E-state index contributed by atoms with van der Waals surface area (Å²) < 4.78 is 4.51. The molecule has 0 heterocycles. The molecule has 0 rings (SSSR count). The highest BCUT2D eigenvalue weighted by atomic mass is 16.5. The largest absolute Gasteiger partial charge is 0.464 e. The maximum absolute atomic E-state index is 9.77. The van der Waals surface area contributed by atoms with Gasteiger partial charge in [-0.05, 0) is 19.5 Å². The van der Waals surface area contributed by atoms with Crippen molar-refractivity contribution in [1.82, 2.24) is 5.32 Å². The maximum atomic E-state index is 9.77. The Labute approximate surface area is 73.8 Å². The molecule has 1 atom stereocenters. The van der Waals surface area contributed by atoms with Crippen molar-refractivity contribution in [2.24, 2.45) is 0 Å². The Morgan fingerprint density at radius 2 is 2.33 bits per heavy atom. The Balaban J connectivity index is 3.52. The van der Waals surface area contributed by atoms with E-state index >= 15 is 0 Å². The predicted octanol–water partition coefficient (Wildman–Crippen LogP) is 1.10. The maximum Gasteiger partial charge on any atom is 0.293 e. The van der Waals surface area contributed by atoms with E-state index in [1.54, 1.807) is 0 Å². The van der Waals surface area contributed by atoms with Gasteiger partial charge in [-0.1, -0.05) is 19.4 Å². The molecule has 0 saturated heterocycles. The molecule has 70 valence electrons. The summed E-state index contributed by atoms with van der Waals surface area (Å²) in [5.41, 5.74) is 0. The van der Waals surface area contributed by atoms with Crippen LogP contribution in [0.5, 0.6) is 0 Å². The van der Waals surface area contributed by atoms with E-state index in [-0.39, 0.29) is 0 Å². The van der Waals surface area contributed by atoms with Crippen molar-refractivity contribution < 1.29 is 9.53 Å². The first-order chi connectivity index (χ1) is 5.85. The summed E-state index contributed by atoms with van der Waals surface area (Å²) in [6.45, 7) is 2.96. The average Bonchev–Trinajstić information content (AvgIpc) is 2.10. The summed E-state index contributed by atoms with van der Waals surface area (Å²) >= 11 is 0. The van der Waals surface area contributed by atoms with E-state index in [2.05, 4.69) is 17.0 Å². The van der Waals surface area contributed by atoms with Crippen LogP contribution in [0.25, 0.3) is 0 Å². The molecule has 3 nitrogen and oxygen atoms in total. The van der Waals surface area contributed by atoms with Crippen LogP contribution in [0.4, 0.5) is 0 Å². The van der Waals surface area contributed by atoms with Gasteiger partial charge in [0.2, 0.25) is 0 Å². The van der Waals surface area contributed by atoms with Crippen molar-refractivity contribution >= 4 is 6.47 Å². The van der Waals surface area contributed by atoms with Gasteiger partial charge in [-0.2, -0.15) is 0 Å². The molecule has 0 spiro atoms. The number of carbonyl (C=O) groups excluding carboxylic acids is 1. The second-order valence-electron chi connectivity index (χ2n) is 2.54. The van der Waals surface area contributed by atoms with Crippen LogP contribution in [0.1, 0.15) is 19.8 Å². The molecular formula is C9H17NO2. The zero-order valence-electron chi connectivity index (χ0n) is 7.75. The van der Waals surface area contributed by atoms with Crippen LogP contribution >= 0.6 is 0 Å². The summed E-state index contributed by atoms with van der Waals surface area (Å²) in [6, 6.07) is 0.394. The van der Waals surface area contributed by atoms with Crippen LogP contribution in [0.3, 0.4) is 0 Å². The van der Waals surface area contributed by atoms with Crippen LogP contribution in [0.2, 0.25) is 0 Å². The topological polar surface area (TPSA) is 38.3 Å². The molecule has 0 saturated carbocycles. The lowest BCUT2D eigenvalue weighted by Crippen LogP contribution is -2.22. The Kier molecular flexibility index (Phi) is 7.70. The fourth-order valence-corrected chi connectivity index (χ4v) is 0.962. The summed E-state index contributed by atoms with van der Waals surface area (Å²) in [5.74, 6) is 0. The lowest BCUT2D eigenvalue weighted by atomic mass is 10.1. The summed E-state index contributed by atoms with van der Waals surface area (Å²) in [5, 5.41) is 3.15. The third-order valence-corrected chi connectivity index (χ3v) is 1.60. The van der Waals surface area contributed by atoms with Gasteiger partial charge < -0.3 is 10.1 Å². The Bertz CT molecular complexity index is 134. The number of likely N-dealkylation sites (N-methyl/N-ethyl adjacent to an activating group) is 1. The van der Waals surface area contributed by atoms with E-state index in [0.717, 1.165) is 12.8 Å². The van der Waals surface area contributed by atoms with Gasteiger partial charge in [0.1, 0.15) is 6.61 Å². The standard InChI is InChI=1S/C9H17NO2/c1-3-5-9(10-2)6-4-7-12-8-11/h4,6,8-10H,3,5,7H2,1-2H3/b6-4+. The Hall–Kier alpha value is -0.830. The first kappa shape index (κ1) is 11.2. The summed E-state index contributed by atoms with van der Waals surface area (Å²) in [6.07, 6.45) is 6.12. The minimum absolute atomic E-state index is 0.366. The van der Waals surface area contributed by atoms with Gasteiger partial charge in [-0.25, -0.2) is 0 Å². The smallest absolute Gasteiger partial charge is 0.293 e. The Morgan fingerprint density at radius 3 is 2.83 bits per heavy atom. The summed E-state index contributed by atoms with van der Waals surface area (Å²) in [7, 11) is 1.92. The third-order valence-electron chi connectivity index (χ3n) is 1.60. The van der Waals surface area contributed by atoms with Crippen molar-refractivity contribution in [3.8, 4) is 0 Å². The molecular weight excluding hydrogens is 154 g/mol. The van der Waals surface area contributed by atoms with Crippen LogP contribution in [0.15, 0.2) is 12.2 Å². The molecule has 0 amide bonds. The molecule has 0 aromatic heterocycles. The van der Waals surface area contributed by atoms with Gasteiger partial charge in [0, 0.05) is 6.04 Å². The molecule has 0 aromatic rings. The average molecular weight is 171 g/mol. The van der Waals surface area contributed by atoms with E-state index in [1.807, 2.05) is 19.2 Å². The SMILES string of the molecule is CCCC(/C=C/COC=O)NC. The Morgan fingerprint density at radius 1 is 1.58 bits per heavy atom. The number of hydrogen-bond acceptors (Lipinski definition) is 3. The normalized spacial score (nSPS) is 13.2. The van der Waals surface area contributed by atoms with Crippen LogP contribution in [-0.4, -0.2) is 26.2 Å². The lowest BCUT2D eigenvalue weighted by molar-refractivity contribution is -0.127. The minimum Gasteiger partial charge on any atom is -0.464 e. The molecule has 0 fully saturated rings. The molecule has 12 heavy (non-hydrogen) atoms. The van der Waals surface area contributed by atoms with E-state index in [9.17, 15) is 4.79 Å². The van der Waals surface area contributed by atoms with E-state index in [4.69, 9.17) is 0 Å². The molecule has 0 bridgehead atoms. The molecule has 0 aromatic carbocycles. The second kappa shape index (κ2) is 8.27. The van der Waals surface area contributed by atoms with Gasteiger partial charge in [0.05, 0.1) is 0 Å². The van der Waals surface area contributed by atoms with Crippen molar-refractivity contribution in [2.45, 2.75) is 25.8 Å². The van der Waals surface area contributed by atoms with Gasteiger partial charge in [-0.3, -0.25) is 4.79 Å². The first-order valence-electron chi connectivity index (χ1n) is 4.24. The molecule has 0 aliphatic rings. The van der Waals surface area contributed by atoms with Crippen molar-refractivity contribution in [3.05, 3.63) is 12.2 Å².